The number of hydrogen-bond acceptors (Lipinski definition) is 3. The summed E-state index contributed by atoms with van der Waals surface area (Å²) < 4.78 is 5.69. The molecular weight excluding hydrogens is 252 g/mol. The van der Waals surface area contributed by atoms with E-state index in [0.29, 0.717) is 17.9 Å². The van der Waals surface area contributed by atoms with Crippen molar-refractivity contribution in [1.82, 2.24) is 0 Å². The van der Waals surface area contributed by atoms with Gasteiger partial charge in [-0.2, -0.15) is 5.26 Å². The molecule has 0 bridgehead atoms. The molecular formula is C16H22N2O2. The molecule has 1 aromatic rings. The summed E-state index contributed by atoms with van der Waals surface area (Å²) in [7, 11) is 1.75. The Bertz CT molecular complexity index is 518. The van der Waals surface area contributed by atoms with Crippen molar-refractivity contribution in [2.24, 2.45) is 11.8 Å². The van der Waals surface area contributed by atoms with Crippen LogP contribution < -0.4 is 9.64 Å². The van der Waals surface area contributed by atoms with Crippen LogP contribution in [0.15, 0.2) is 18.2 Å². The van der Waals surface area contributed by atoms with Crippen LogP contribution in [-0.4, -0.2) is 19.6 Å². The number of rotatable bonds is 1. The number of nitriles is 1. The molecule has 1 aliphatic rings. The molecule has 0 fully saturated rings. The lowest BCUT2D eigenvalue weighted by Crippen LogP contribution is -2.36. The number of anilines is 1. The zero-order valence-corrected chi connectivity index (χ0v) is 12.8. The van der Waals surface area contributed by atoms with Crippen molar-refractivity contribution in [2.45, 2.75) is 27.7 Å². The van der Waals surface area contributed by atoms with Crippen LogP contribution in [0.5, 0.6) is 5.75 Å². The van der Waals surface area contributed by atoms with E-state index in [1.54, 1.807) is 30.1 Å². The zero-order chi connectivity index (χ0) is 15.3. The molecule has 0 N–H and O–H groups in total. The summed E-state index contributed by atoms with van der Waals surface area (Å²) >= 11 is 0. The van der Waals surface area contributed by atoms with Crippen molar-refractivity contribution in [3.05, 3.63) is 23.8 Å². The van der Waals surface area contributed by atoms with Gasteiger partial charge in [-0.15, -0.1) is 0 Å². The maximum absolute atomic E-state index is 12.3. The first kappa shape index (κ1) is 16.0. The van der Waals surface area contributed by atoms with Crippen LogP contribution >= 0.6 is 0 Å². The maximum Gasteiger partial charge on any atom is 0.233 e. The predicted molar refractivity (Wildman–Crippen MR) is 79.7 cm³/mol. The lowest BCUT2D eigenvalue weighted by Gasteiger charge is -2.21. The second-order valence-corrected chi connectivity index (χ2v) is 4.85. The summed E-state index contributed by atoms with van der Waals surface area (Å²) in [5.74, 6) is 0.749. The van der Waals surface area contributed by atoms with E-state index < -0.39 is 0 Å². The molecule has 2 rings (SSSR count). The largest absolute Gasteiger partial charge is 0.491 e. The highest BCUT2D eigenvalue weighted by Crippen LogP contribution is 2.34. The van der Waals surface area contributed by atoms with Gasteiger partial charge in [-0.25, -0.2) is 0 Å². The molecule has 0 spiro atoms. The third-order valence-corrected chi connectivity index (χ3v) is 3.32. The van der Waals surface area contributed by atoms with E-state index in [9.17, 15) is 4.79 Å². The summed E-state index contributed by atoms with van der Waals surface area (Å²) in [4.78, 5) is 13.9. The second-order valence-electron chi connectivity index (χ2n) is 4.85. The molecule has 20 heavy (non-hydrogen) atoms. The number of amides is 1. The molecule has 4 heteroatoms. The fraction of sp³-hybridized carbons (Fsp3) is 0.500. The van der Waals surface area contributed by atoms with Crippen molar-refractivity contribution in [3.8, 4) is 11.8 Å². The molecule has 108 valence electrons. The van der Waals surface area contributed by atoms with Crippen LogP contribution in [0.25, 0.3) is 0 Å². The van der Waals surface area contributed by atoms with Gasteiger partial charge in [-0.05, 0) is 18.1 Å². The minimum absolute atomic E-state index is 0.0634. The molecule has 0 saturated carbocycles. The van der Waals surface area contributed by atoms with Crippen LogP contribution in [0.3, 0.4) is 0 Å². The number of carbonyl (C=O) groups is 1. The van der Waals surface area contributed by atoms with E-state index in [1.165, 1.54) is 0 Å². The number of hydrogen-bond donors (Lipinski definition) is 0. The van der Waals surface area contributed by atoms with Gasteiger partial charge in [0, 0.05) is 13.1 Å². The minimum atomic E-state index is -0.145. The normalized spacial score (nSPS) is 17.4. The predicted octanol–water partition coefficient (Wildman–Crippen LogP) is 3.21. The molecule has 1 amide bonds. The third-order valence-electron chi connectivity index (χ3n) is 3.32. The lowest BCUT2D eigenvalue weighted by atomic mass is 9.95. The van der Waals surface area contributed by atoms with E-state index >= 15 is 0 Å². The molecule has 0 aliphatic carbocycles. The summed E-state index contributed by atoms with van der Waals surface area (Å²) in [6.07, 6.45) is 0. The average molecular weight is 274 g/mol. The smallest absolute Gasteiger partial charge is 0.233 e. The number of benzene rings is 1. The zero-order valence-electron chi connectivity index (χ0n) is 12.8. The monoisotopic (exact) mass is 274 g/mol. The maximum atomic E-state index is 12.3. The fourth-order valence-corrected chi connectivity index (χ4v) is 2.07. The highest BCUT2D eigenvalue weighted by molar-refractivity contribution is 5.97. The second kappa shape index (κ2) is 6.95. The lowest BCUT2D eigenvalue weighted by molar-refractivity contribution is -0.123. The quantitative estimate of drug-likeness (QED) is 0.790. The topological polar surface area (TPSA) is 53.3 Å². The first-order valence-electron chi connectivity index (χ1n) is 6.99. The van der Waals surface area contributed by atoms with E-state index in [-0.39, 0.29) is 17.7 Å². The highest BCUT2D eigenvalue weighted by Gasteiger charge is 2.31. The number of ether oxygens (including phenoxy) is 1. The van der Waals surface area contributed by atoms with Crippen molar-refractivity contribution in [3.63, 3.8) is 0 Å². The van der Waals surface area contributed by atoms with Gasteiger partial charge in [0.2, 0.25) is 5.91 Å². The molecule has 1 atom stereocenters. The minimum Gasteiger partial charge on any atom is -0.491 e. The molecule has 1 aromatic carbocycles. The number of fused-ring (bicyclic) bond motifs is 1. The van der Waals surface area contributed by atoms with Crippen molar-refractivity contribution < 1.29 is 9.53 Å². The van der Waals surface area contributed by atoms with Gasteiger partial charge in [0.05, 0.1) is 23.2 Å². The molecule has 1 unspecified atom stereocenters. The van der Waals surface area contributed by atoms with Crippen molar-refractivity contribution >= 4 is 11.6 Å². The van der Waals surface area contributed by atoms with Gasteiger partial charge < -0.3 is 9.64 Å². The highest BCUT2D eigenvalue weighted by atomic mass is 16.5. The standard InChI is InChI=1S/C14H16N2O2.C2H6/c1-9(2)11-8-18-13-6-10(7-15)4-5-12(13)16(3)14(11)17;1-2/h4-6,9,11H,8H2,1-3H3;1-2H3. The van der Waals surface area contributed by atoms with Gasteiger partial charge in [0.25, 0.3) is 0 Å². The Morgan fingerprint density at radius 2 is 2.05 bits per heavy atom. The summed E-state index contributed by atoms with van der Waals surface area (Å²) in [5.41, 5.74) is 1.26. The van der Waals surface area contributed by atoms with Crippen molar-refractivity contribution in [1.29, 1.82) is 5.26 Å². The third kappa shape index (κ3) is 3.11. The molecule has 1 aliphatic heterocycles. The van der Waals surface area contributed by atoms with E-state index in [0.717, 1.165) is 5.69 Å². The number of nitrogens with zero attached hydrogens (tertiary/aromatic N) is 2. The Morgan fingerprint density at radius 3 is 2.60 bits per heavy atom. The Hall–Kier alpha value is -2.02. The van der Waals surface area contributed by atoms with Crippen molar-refractivity contribution in [2.75, 3.05) is 18.6 Å². The first-order chi connectivity index (χ1) is 9.54. The van der Waals surface area contributed by atoms with E-state index in [2.05, 4.69) is 6.07 Å². The van der Waals surface area contributed by atoms with Crippen LogP contribution in [0.1, 0.15) is 33.3 Å². The Labute approximate surface area is 121 Å². The van der Waals surface area contributed by atoms with E-state index in [1.807, 2.05) is 27.7 Å². The Kier molecular flexibility index (Phi) is 5.57. The Morgan fingerprint density at radius 1 is 1.40 bits per heavy atom. The first-order valence-corrected chi connectivity index (χ1v) is 6.99. The SMILES string of the molecule is CC.CC(C)C1COc2cc(C#N)ccc2N(C)C1=O. The van der Waals surface area contributed by atoms with Gasteiger partial charge in [-0.3, -0.25) is 4.79 Å². The summed E-state index contributed by atoms with van der Waals surface area (Å²) in [6.45, 7) is 8.38. The van der Waals surface area contributed by atoms with Gasteiger partial charge in [0.1, 0.15) is 12.4 Å². The average Bonchev–Trinajstić information content (AvgIpc) is 2.59. The number of carbonyl (C=O) groups excluding carboxylic acids is 1. The fourth-order valence-electron chi connectivity index (χ4n) is 2.07. The molecule has 0 saturated heterocycles. The van der Waals surface area contributed by atoms with Crippen LogP contribution in [0.2, 0.25) is 0 Å². The van der Waals surface area contributed by atoms with Gasteiger partial charge in [-0.1, -0.05) is 27.7 Å². The van der Waals surface area contributed by atoms with Gasteiger partial charge >= 0.3 is 0 Å². The Balaban J connectivity index is 0.000000956. The van der Waals surface area contributed by atoms with E-state index in [4.69, 9.17) is 10.00 Å². The summed E-state index contributed by atoms with van der Waals surface area (Å²) in [5, 5.41) is 8.88. The van der Waals surface area contributed by atoms with Crippen LogP contribution in [0, 0.1) is 23.2 Å². The molecule has 0 aromatic heterocycles. The molecule has 1 heterocycles. The summed E-state index contributed by atoms with van der Waals surface area (Å²) in [6, 6.07) is 7.21. The van der Waals surface area contributed by atoms with Crippen LogP contribution in [-0.2, 0) is 4.79 Å². The van der Waals surface area contributed by atoms with Gasteiger partial charge in [0.15, 0.2) is 0 Å². The van der Waals surface area contributed by atoms with Crippen LogP contribution in [0.4, 0.5) is 5.69 Å². The molecule has 4 nitrogen and oxygen atoms in total. The molecule has 0 radical (unpaired) electrons.